The van der Waals surface area contributed by atoms with E-state index in [2.05, 4.69) is 38.3 Å². The first-order valence-corrected chi connectivity index (χ1v) is 14.5. The fraction of sp³-hybridized carbons (Fsp3) is 0.633. The minimum absolute atomic E-state index is 0.0664. The van der Waals surface area contributed by atoms with Gasteiger partial charge in [-0.3, -0.25) is 14.4 Å². The molecule has 7 nitrogen and oxygen atoms in total. The van der Waals surface area contributed by atoms with Crippen LogP contribution in [-0.4, -0.2) is 53.0 Å². The van der Waals surface area contributed by atoms with E-state index >= 15 is 0 Å². The third kappa shape index (κ3) is 4.56. The Balaban J connectivity index is 1.43. The highest BCUT2D eigenvalue weighted by atomic mass is 35.5. The lowest BCUT2D eigenvalue weighted by Crippen LogP contribution is -2.58. The summed E-state index contributed by atoms with van der Waals surface area (Å²) in [4.78, 5) is 43.3. The average Bonchev–Trinajstić information content (AvgIpc) is 3.50. The number of amides is 3. The van der Waals surface area contributed by atoms with Crippen LogP contribution in [0.5, 0.6) is 0 Å². The quantitative estimate of drug-likeness (QED) is 0.489. The van der Waals surface area contributed by atoms with Crippen LogP contribution in [0.15, 0.2) is 30.4 Å². The second-order valence-electron chi connectivity index (χ2n) is 12.3. The van der Waals surface area contributed by atoms with E-state index in [1.165, 1.54) is 6.42 Å². The molecular formula is C30H40ClN3O4. The molecule has 1 aromatic rings. The monoisotopic (exact) mass is 541 g/mol. The molecule has 3 fully saturated rings. The summed E-state index contributed by atoms with van der Waals surface area (Å²) < 4.78 is 6.46. The number of hydrogen-bond donors (Lipinski definition) is 2. The van der Waals surface area contributed by atoms with Gasteiger partial charge in [-0.2, -0.15) is 0 Å². The van der Waals surface area contributed by atoms with Gasteiger partial charge in [0.25, 0.3) is 0 Å². The van der Waals surface area contributed by atoms with Gasteiger partial charge >= 0.3 is 0 Å². The highest BCUT2D eigenvalue weighted by molar-refractivity contribution is 6.31. The molecule has 8 heteroatoms. The maximum Gasteiger partial charge on any atom is 0.246 e. The summed E-state index contributed by atoms with van der Waals surface area (Å²) in [6.45, 7) is 11.0. The van der Waals surface area contributed by atoms with Crippen molar-refractivity contribution in [1.29, 1.82) is 0 Å². The van der Waals surface area contributed by atoms with Crippen molar-refractivity contribution in [2.75, 3.05) is 11.9 Å². The Kier molecular flexibility index (Phi) is 7.38. The number of fused-ring (bicyclic) bond motifs is 1. The molecule has 3 heterocycles. The van der Waals surface area contributed by atoms with E-state index in [9.17, 15) is 14.4 Å². The second-order valence-corrected chi connectivity index (χ2v) is 12.7. The van der Waals surface area contributed by atoms with Crippen molar-refractivity contribution in [1.82, 2.24) is 10.2 Å². The highest BCUT2D eigenvalue weighted by Gasteiger charge is 2.72. The SMILES string of the molecule is Cc1ccc(NC(=O)[C@H]2[C@H]3C=C[C@@]4(O3)[C@H]2C(=O)N(CCC(C)C)[C@@H]4C(=O)N[C@@H]2CCC[C@H](C)[C@@H]2C)cc1Cl. The van der Waals surface area contributed by atoms with Crippen LogP contribution in [0.4, 0.5) is 5.69 Å². The first-order chi connectivity index (χ1) is 18.0. The van der Waals surface area contributed by atoms with Gasteiger partial charge in [-0.15, -0.1) is 0 Å². The number of benzene rings is 1. The predicted molar refractivity (Wildman–Crippen MR) is 148 cm³/mol. The van der Waals surface area contributed by atoms with E-state index in [0.717, 1.165) is 24.8 Å². The molecule has 2 bridgehead atoms. The summed E-state index contributed by atoms with van der Waals surface area (Å²) in [6, 6.07) is 4.63. The van der Waals surface area contributed by atoms with Gasteiger partial charge in [0, 0.05) is 23.3 Å². The minimum atomic E-state index is -1.14. The van der Waals surface area contributed by atoms with E-state index in [0.29, 0.717) is 35.0 Å². The standard InChI is InChI=1S/C30H40ClN3O4/c1-16(2)12-14-34-26(28(36)33-22-8-6-7-17(3)19(22)5)30-13-11-23(38-30)24(25(30)29(34)37)27(35)32-20-10-9-18(4)21(31)15-20/h9-11,13,15-17,19,22-26H,6-8,12,14H2,1-5H3,(H,32,35)(H,33,36)/t17-,19-,22+,23+,24-,25+,26+,30+/m0/s1. The molecule has 2 N–H and O–H groups in total. The van der Waals surface area contributed by atoms with E-state index in [4.69, 9.17) is 16.3 Å². The van der Waals surface area contributed by atoms with Crippen molar-refractivity contribution in [2.24, 2.45) is 29.6 Å². The lowest BCUT2D eigenvalue weighted by molar-refractivity contribution is -0.141. The fourth-order valence-electron chi connectivity index (χ4n) is 6.85. The molecule has 38 heavy (non-hydrogen) atoms. The summed E-state index contributed by atoms with van der Waals surface area (Å²) in [5.41, 5.74) is 0.347. The van der Waals surface area contributed by atoms with Crippen molar-refractivity contribution in [3.8, 4) is 0 Å². The Labute approximate surface area is 230 Å². The number of rotatable bonds is 7. The number of carbonyl (C=O) groups excluding carboxylic acids is 3. The molecule has 3 aliphatic heterocycles. The van der Waals surface area contributed by atoms with Gasteiger partial charge in [0.1, 0.15) is 11.6 Å². The first kappa shape index (κ1) is 27.2. The molecule has 0 radical (unpaired) electrons. The second kappa shape index (κ2) is 10.3. The number of halogens is 1. The number of ether oxygens (including phenoxy) is 1. The molecule has 206 valence electrons. The number of aryl methyl sites for hydroxylation is 1. The largest absolute Gasteiger partial charge is 0.359 e. The molecule has 8 atom stereocenters. The van der Waals surface area contributed by atoms with Gasteiger partial charge in [0.05, 0.1) is 17.9 Å². The smallest absolute Gasteiger partial charge is 0.246 e. The molecule has 0 unspecified atom stereocenters. The molecule has 1 spiro atoms. The van der Waals surface area contributed by atoms with Gasteiger partial charge in [0.15, 0.2) is 0 Å². The van der Waals surface area contributed by atoms with E-state index < -0.39 is 29.6 Å². The number of hydrogen-bond acceptors (Lipinski definition) is 4. The first-order valence-electron chi connectivity index (χ1n) is 14.1. The van der Waals surface area contributed by atoms with Crippen LogP contribution in [0.2, 0.25) is 5.02 Å². The number of carbonyl (C=O) groups is 3. The van der Waals surface area contributed by atoms with Gasteiger partial charge in [-0.25, -0.2) is 0 Å². The van der Waals surface area contributed by atoms with Gasteiger partial charge in [-0.05, 0) is 55.2 Å². The zero-order chi connectivity index (χ0) is 27.4. The molecule has 0 aromatic heterocycles. The Morgan fingerprint density at radius 1 is 1.21 bits per heavy atom. The van der Waals surface area contributed by atoms with Crippen molar-refractivity contribution in [3.05, 3.63) is 40.9 Å². The van der Waals surface area contributed by atoms with E-state index in [1.807, 2.05) is 25.1 Å². The summed E-state index contributed by atoms with van der Waals surface area (Å²) in [7, 11) is 0. The van der Waals surface area contributed by atoms with Crippen LogP contribution in [0, 0.1) is 36.5 Å². The summed E-state index contributed by atoms with van der Waals surface area (Å²) >= 11 is 6.27. The minimum Gasteiger partial charge on any atom is -0.359 e. The average molecular weight is 542 g/mol. The molecule has 1 saturated carbocycles. The third-order valence-corrected chi connectivity index (χ3v) is 9.75. The number of anilines is 1. The highest BCUT2D eigenvalue weighted by Crippen LogP contribution is 2.55. The number of nitrogens with zero attached hydrogens (tertiary/aromatic N) is 1. The van der Waals surface area contributed by atoms with Gasteiger partial charge in [0.2, 0.25) is 17.7 Å². The lowest BCUT2D eigenvalue weighted by atomic mass is 9.73. The van der Waals surface area contributed by atoms with Gasteiger partial charge < -0.3 is 20.3 Å². The predicted octanol–water partition coefficient (Wildman–Crippen LogP) is 4.72. The van der Waals surface area contributed by atoms with Crippen LogP contribution in [0.25, 0.3) is 0 Å². The normalized spacial score (nSPS) is 35.6. The molecule has 1 aromatic carbocycles. The molecule has 3 amide bonds. The van der Waals surface area contributed by atoms with Crippen molar-refractivity contribution < 1.29 is 19.1 Å². The molecule has 2 saturated heterocycles. The molecule has 4 aliphatic rings. The topological polar surface area (TPSA) is 87.7 Å². The zero-order valence-electron chi connectivity index (χ0n) is 23.0. The zero-order valence-corrected chi connectivity index (χ0v) is 23.8. The maximum absolute atomic E-state index is 14.0. The number of nitrogens with one attached hydrogen (secondary N) is 2. The Bertz CT molecular complexity index is 1150. The van der Waals surface area contributed by atoms with Crippen LogP contribution >= 0.6 is 11.6 Å². The molecule has 1 aliphatic carbocycles. The number of likely N-dealkylation sites (tertiary alicyclic amines) is 1. The van der Waals surface area contributed by atoms with E-state index in [1.54, 1.807) is 17.0 Å². The van der Waals surface area contributed by atoms with E-state index in [-0.39, 0.29) is 23.8 Å². The van der Waals surface area contributed by atoms with Crippen LogP contribution in [-0.2, 0) is 19.1 Å². The van der Waals surface area contributed by atoms with Crippen molar-refractivity contribution in [3.63, 3.8) is 0 Å². The van der Waals surface area contributed by atoms with Crippen molar-refractivity contribution >= 4 is 35.0 Å². The fourth-order valence-corrected chi connectivity index (χ4v) is 7.03. The molecule has 5 rings (SSSR count). The van der Waals surface area contributed by atoms with Crippen LogP contribution in [0.3, 0.4) is 0 Å². The van der Waals surface area contributed by atoms with Crippen molar-refractivity contribution in [2.45, 2.75) is 84.1 Å². The van der Waals surface area contributed by atoms with Crippen LogP contribution < -0.4 is 10.6 Å². The van der Waals surface area contributed by atoms with Gasteiger partial charge in [-0.1, -0.05) is 70.4 Å². The maximum atomic E-state index is 14.0. The molecular weight excluding hydrogens is 502 g/mol. The summed E-state index contributed by atoms with van der Waals surface area (Å²) in [5, 5.41) is 6.80. The van der Waals surface area contributed by atoms with Crippen LogP contribution in [0.1, 0.15) is 58.9 Å². The Hall–Kier alpha value is -2.38. The summed E-state index contributed by atoms with van der Waals surface area (Å²) in [5.74, 6) is -0.856. The Morgan fingerprint density at radius 3 is 2.68 bits per heavy atom. The Morgan fingerprint density at radius 2 is 1.97 bits per heavy atom. The third-order valence-electron chi connectivity index (χ3n) is 9.35. The summed E-state index contributed by atoms with van der Waals surface area (Å²) in [6.07, 6.45) is 7.12. The lowest BCUT2D eigenvalue weighted by Gasteiger charge is -2.38.